The number of para-hydroxylation sites is 1. The standard InChI is InChI=1S/C23H28N2O6S2/c26-18-25(27)17-23(12-4-1-5-13-23)33(30,31)20-10-8-19(9-11-20)16-24-14-15-32(28,29)22-7-3-2-6-21(22)24/h2-3,6-11,18,27H,1,4-5,12-17H2. The summed E-state index contributed by atoms with van der Waals surface area (Å²) in [6.45, 7) is 0.563. The van der Waals surface area contributed by atoms with E-state index in [1.54, 1.807) is 48.5 Å². The molecule has 2 aliphatic rings. The molecule has 4 rings (SSSR count). The number of hydrogen-bond donors (Lipinski definition) is 1. The van der Waals surface area contributed by atoms with E-state index in [4.69, 9.17) is 0 Å². The highest BCUT2D eigenvalue weighted by atomic mass is 32.2. The van der Waals surface area contributed by atoms with Gasteiger partial charge in [-0.3, -0.25) is 10.0 Å². The van der Waals surface area contributed by atoms with Crippen LogP contribution in [0.2, 0.25) is 0 Å². The van der Waals surface area contributed by atoms with Crippen LogP contribution in [-0.2, 0) is 31.0 Å². The number of carbonyl (C=O) groups excluding carboxylic acids is 1. The molecule has 10 heteroatoms. The lowest BCUT2D eigenvalue weighted by Crippen LogP contribution is -2.49. The van der Waals surface area contributed by atoms with E-state index in [0.717, 1.165) is 24.8 Å². The third-order valence-electron chi connectivity index (χ3n) is 6.68. The Labute approximate surface area is 194 Å². The molecular formula is C23H28N2O6S2. The summed E-state index contributed by atoms with van der Waals surface area (Å²) in [5.41, 5.74) is 1.51. The topological polar surface area (TPSA) is 112 Å². The highest BCUT2D eigenvalue weighted by Crippen LogP contribution is 2.39. The maximum absolute atomic E-state index is 13.6. The largest absolute Gasteiger partial charge is 0.365 e. The fraction of sp³-hybridized carbons (Fsp3) is 0.435. The van der Waals surface area contributed by atoms with Gasteiger partial charge in [0.1, 0.15) is 0 Å². The zero-order valence-corrected chi connectivity index (χ0v) is 19.9. The first kappa shape index (κ1) is 23.7. The van der Waals surface area contributed by atoms with E-state index < -0.39 is 24.4 Å². The van der Waals surface area contributed by atoms with Crippen molar-refractivity contribution >= 4 is 31.8 Å². The SMILES string of the molecule is O=CN(O)CC1(S(=O)(=O)c2ccc(CN3CCS(=O)(=O)c4ccccc43)cc2)CCCCC1. The number of carbonyl (C=O) groups is 1. The van der Waals surface area contributed by atoms with E-state index in [-0.39, 0.29) is 23.6 Å². The number of amides is 1. The van der Waals surface area contributed by atoms with Crippen molar-refractivity contribution in [1.82, 2.24) is 5.06 Å². The summed E-state index contributed by atoms with van der Waals surface area (Å²) in [6, 6.07) is 13.5. The van der Waals surface area contributed by atoms with Crippen LogP contribution in [0.3, 0.4) is 0 Å². The normalized spacial score (nSPS) is 19.5. The average molecular weight is 493 g/mol. The molecule has 1 fully saturated rings. The molecule has 0 bridgehead atoms. The fourth-order valence-electron chi connectivity index (χ4n) is 4.89. The van der Waals surface area contributed by atoms with Crippen LogP contribution in [-0.4, -0.2) is 57.1 Å². The van der Waals surface area contributed by atoms with Crippen LogP contribution in [0.25, 0.3) is 0 Å². The summed E-state index contributed by atoms with van der Waals surface area (Å²) in [7, 11) is -7.09. The Morgan fingerprint density at radius 3 is 2.36 bits per heavy atom. The van der Waals surface area contributed by atoms with Crippen LogP contribution in [0.5, 0.6) is 0 Å². The van der Waals surface area contributed by atoms with E-state index in [1.807, 2.05) is 4.90 Å². The predicted molar refractivity (Wildman–Crippen MR) is 124 cm³/mol. The fourth-order valence-corrected chi connectivity index (χ4v) is 8.50. The van der Waals surface area contributed by atoms with Gasteiger partial charge in [-0.15, -0.1) is 0 Å². The second-order valence-electron chi connectivity index (χ2n) is 8.80. The predicted octanol–water partition coefficient (Wildman–Crippen LogP) is 2.80. The number of hydroxylamine groups is 2. The van der Waals surface area contributed by atoms with Crippen LogP contribution in [0.4, 0.5) is 5.69 Å². The Balaban J connectivity index is 1.59. The van der Waals surface area contributed by atoms with E-state index in [9.17, 15) is 26.8 Å². The molecule has 1 amide bonds. The van der Waals surface area contributed by atoms with Gasteiger partial charge >= 0.3 is 0 Å². The molecule has 0 unspecified atom stereocenters. The Hall–Kier alpha value is -2.43. The molecule has 0 spiro atoms. The lowest BCUT2D eigenvalue weighted by atomic mass is 9.88. The van der Waals surface area contributed by atoms with E-state index in [1.165, 1.54) is 0 Å². The van der Waals surface area contributed by atoms with Crippen molar-refractivity contribution in [3.8, 4) is 0 Å². The van der Waals surface area contributed by atoms with Gasteiger partial charge in [-0.1, -0.05) is 43.5 Å². The molecule has 33 heavy (non-hydrogen) atoms. The van der Waals surface area contributed by atoms with Crippen LogP contribution in [0, 0.1) is 0 Å². The van der Waals surface area contributed by atoms with Crippen molar-refractivity contribution in [1.29, 1.82) is 0 Å². The molecule has 0 aromatic heterocycles. The Morgan fingerprint density at radius 1 is 1.03 bits per heavy atom. The van der Waals surface area contributed by atoms with E-state index >= 15 is 0 Å². The van der Waals surface area contributed by atoms with Crippen molar-refractivity contribution in [2.45, 2.75) is 53.2 Å². The molecular weight excluding hydrogens is 464 g/mol. The second-order valence-corrected chi connectivity index (χ2v) is 13.2. The van der Waals surface area contributed by atoms with Gasteiger partial charge in [0.25, 0.3) is 0 Å². The number of rotatable bonds is 7. The van der Waals surface area contributed by atoms with Gasteiger partial charge in [-0.25, -0.2) is 21.9 Å². The molecule has 1 aliphatic carbocycles. The lowest BCUT2D eigenvalue weighted by Gasteiger charge is -2.37. The minimum Gasteiger partial charge on any atom is -0.365 e. The van der Waals surface area contributed by atoms with Crippen molar-refractivity contribution < 1.29 is 26.8 Å². The Bertz CT molecular complexity index is 1220. The number of fused-ring (bicyclic) bond motifs is 1. The van der Waals surface area contributed by atoms with Crippen molar-refractivity contribution in [3.63, 3.8) is 0 Å². The molecule has 2 aromatic rings. The van der Waals surface area contributed by atoms with Gasteiger partial charge in [-0.05, 0) is 42.7 Å². The summed E-state index contributed by atoms with van der Waals surface area (Å²) >= 11 is 0. The molecule has 1 heterocycles. The zero-order valence-electron chi connectivity index (χ0n) is 18.3. The monoisotopic (exact) mass is 492 g/mol. The molecule has 178 valence electrons. The van der Waals surface area contributed by atoms with Crippen molar-refractivity contribution in [3.05, 3.63) is 54.1 Å². The minimum atomic E-state index is -3.80. The molecule has 8 nitrogen and oxygen atoms in total. The molecule has 0 saturated heterocycles. The van der Waals surface area contributed by atoms with Gasteiger partial charge in [0.15, 0.2) is 19.7 Å². The highest BCUT2D eigenvalue weighted by molar-refractivity contribution is 7.93. The molecule has 0 radical (unpaired) electrons. The third kappa shape index (κ3) is 4.51. The molecule has 1 N–H and O–H groups in total. The number of anilines is 1. The first-order chi connectivity index (χ1) is 15.7. The zero-order chi connectivity index (χ0) is 23.7. The maximum Gasteiger partial charge on any atom is 0.233 e. The number of sulfone groups is 2. The van der Waals surface area contributed by atoms with Crippen LogP contribution >= 0.6 is 0 Å². The second kappa shape index (κ2) is 9.08. The molecule has 1 aliphatic heterocycles. The van der Waals surface area contributed by atoms with Gasteiger partial charge < -0.3 is 4.90 Å². The number of nitrogens with zero attached hydrogens (tertiary/aromatic N) is 2. The third-order valence-corrected chi connectivity index (χ3v) is 11.0. The molecule has 1 saturated carbocycles. The summed E-state index contributed by atoms with van der Waals surface area (Å²) in [4.78, 5) is 13.4. The van der Waals surface area contributed by atoms with Crippen molar-refractivity contribution in [2.75, 3.05) is 23.7 Å². The summed E-state index contributed by atoms with van der Waals surface area (Å²) in [5.74, 6) is 0.0351. The molecule has 0 atom stereocenters. The van der Waals surface area contributed by atoms with Crippen LogP contribution in [0.1, 0.15) is 37.7 Å². The quantitative estimate of drug-likeness (QED) is 0.359. The maximum atomic E-state index is 13.6. The first-order valence-corrected chi connectivity index (χ1v) is 14.1. The van der Waals surface area contributed by atoms with Crippen LogP contribution in [0.15, 0.2) is 58.3 Å². The number of hydrogen-bond acceptors (Lipinski definition) is 7. The smallest absolute Gasteiger partial charge is 0.233 e. The highest BCUT2D eigenvalue weighted by Gasteiger charge is 2.46. The minimum absolute atomic E-state index is 0.0351. The van der Waals surface area contributed by atoms with Crippen LogP contribution < -0.4 is 4.90 Å². The summed E-state index contributed by atoms with van der Waals surface area (Å²) in [5, 5.41) is 10.2. The van der Waals surface area contributed by atoms with Gasteiger partial charge in [-0.2, -0.15) is 0 Å². The first-order valence-electron chi connectivity index (χ1n) is 11.0. The Kier molecular flexibility index (Phi) is 6.52. The average Bonchev–Trinajstić information content (AvgIpc) is 2.82. The number of benzene rings is 2. The lowest BCUT2D eigenvalue weighted by molar-refractivity contribution is -0.151. The molecule has 2 aromatic carbocycles. The van der Waals surface area contributed by atoms with Gasteiger partial charge in [0, 0.05) is 13.1 Å². The van der Waals surface area contributed by atoms with E-state index in [2.05, 4.69) is 0 Å². The Morgan fingerprint density at radius 2 is 1.70 bits per heavy atom. The van der Waals surface area contributed by atoms with E-state index in [0.29, 0.717) is 41.6 Å². The van der Waals surface area contributed by atoms with Gasteiger partial charge in [0.2, 0.25) is 6.41 Å². The van der Waals surface area contributed by atoms with Crippen molar-refractivity contribution in [2.24, 2.45) is 0 Å². The van der Waals surface area contributed by atoms with Gasteiger partial charge in [0.05, 0.1) is 32.5 Å². The summed E-state index contributed by atoms with van der Waals surface area (Å²) in [6.07, 6.45) is 3.39. The summed E-state index contributed by atoms with van der Waals surface area (Å²) < 4.78 is 50.7.